The average Bonchev–Trinajstić information content (AvgIpc) is 2.96. The number of aliphatic imine (C=N–C) groups is 1. The number of carbonyl (C=O) groups is 6. The number of benzene rings is 1. The fraction of sp³-hybridized carbons (Fsp3) is 0.536. The van der Waals surface area contributed by atoms with E-state index in [2.05, 4.69) is 31.6 Å². The first-order chi connectivity index (χ1) is 20.5. The van der Waals surface area contributed by atoms with Gasteiger partial charge in [-0.25, -0.2) is 0 Å². The van der Waals surface area contributed by atoms with Gasteiger partial charge in [0.05, 0.1) is 13.0 Å². The highest BCUT2D eigenvalue weighted by atomic mass is 16.4. The van der Waals surface area contributed by atoms with E-state index in [0.717, 1.165) is 6.42 Å². The molecule has 1 rings (SSSR count). The number of carbonyl (C=O) groups excluding carboxylic acids is 5. The molecule has 0 bridgehead atoms. The summed E-state index contributed by atoms with van der Waals surface area (Å²) in [6, 6.07) is 5.24. The van der Waals surface area contributed by atoms with Gasteiger partial charge in [-0.2, -0.15) is 0 Å². The van der Waals surface area contributed by atoms with Gasteiger partial charge in [0.25, 0.3) is 0 Å². The van der Waals surface area contributed by atoms with Crippen LogP contribution in [-0.2, 0) is 35.2 Å². The van der Waals surface area contributed by atoms with Crippen LogP contribution in [0.1, 0.15) is 57.4 Å². The largest absolute Gasteiger partial charge is 0.481 e. The van der Waals surface area contributed by atoms with Gasteiger partial charge in [0.2, 0.25) is 29.5 Å². The number of likely N-dealkylation sites (N-methyl/N-ethyl adjacent to an activating group) is 1. The van der Waals surface area contributed by atoms with Crippen molar-refractivity contribution in [3.8, 4) is 0 Å². The maximum absolute atomic E-state index is 13.3. The molecule has 15 nitrogen and oxygen atoms in total. The fourth-order valence-electron chi connectivity index (χ4n) is 3.96. The fourth-order valence-corrected chi connectivity index (χ4v) is 3.96. The first-order valence-electron chi connectivity index (χ1n) is 14.2. The van der Waals surface area contributed by atoms with E-state index in [9.17, 15) is 33.9 Å². The zero-order valence-corrected chi connectivity index (χ0v) is 24.7. The molecule has 1 aromatic rings. The lowest BCUT2D eigenvalue weighted by atomic mass is 10.0. The van der Waals surface area contributed by atoms with Crippen LogP contribution in [0.4, 0.5) is 0 Å². The first kappa shape index (κ1) is 36.3. The highest BCUT2D eigenvalue weighted by Crippen LogP contribution is 2.07. The van der Waals surface area contributed by atoms with Gasteiger partial charge in [0, 0.05) is 26.4 Å². The van der Waals surface area contributed by atoms with Crippen molar-refractivity contribution >= 4 is 41.5 Å². The van der Waals surface area contributed by atoms with Crippen molar-refractivity contribution in [2.24, 2.45) is 16.5 Å². The molecule has 15 heteroatoms. The van der Waals surface area contributed by atoms with E-state index in [1.807, 2.05) is 6.92 Å². The molecule has 10 N–H and O–H groups in total. The van der Waals surface area contributed by atoms with Gasteiger partial charge >= 0.3 is 5.97 Å². The van der Waals surface area contributed by atoms with Crippen LogP contribution in [-0.4, -0.2) is 84.8 Å². The molecule has 0 spiro atoms. The normalized spacial score (nSPS) is 12.5. The number of amides is 5. The quantitative estimate of drug-likeness (QED) is 0.0497. The van der Waals surface area contributed by atoms with E-state index in [1.54, 1.807) is 30.3 Å². The number of aliphatic carboxylic acids is 1. The Balaban J connectivity index is 2.92. The molecule has 0 aliphatic rings. The summed E-state index contributed by atoms with van der Waals surface area (Å²) in [6.45, 7) is 1.81. The van der Waals surface area contributed by atoms with Gasteiger partial charge in [-0.1, -0.05) is 50.1 Å². The average molecular weight is 605 g/mol. The lowest BCUT2D eigenvalue weighted by Crippen LogP contribution is -2.58. The van der Waals surface area contributed by atoms with Gasteiger partial charge in [-0.15, -0.1) is 0 Å². The minimum Gasteiger partial charge on any atom is -0.481 e. The maximum Gasteiger partial charge on any atom is 0.305 e. The second-order valence-electron chi connectivity index (χ2n) is 9.83. The molecule has 5 amide bonds. The monoisotopic (exact) mass is 604 g/mol. The molecule has 0 fully saturated rings. The van der Waals surface area contributed by atoms with Crippen LogP contribution < -0.4 is 38.1 Å². The van der Waals surface area contributed by atoms with Crippen LogP contribution in [0.5, 0.6) is 0 Å². The highest BCUT2D eigenvalue weighted by Gasteiger charge is 2.30. The first-order valence-corrected chi connectivity index (χ1v) is 14.2. The standard InChI is InChI=1S/C28H44N8O7/c1-3-4-12-19(25(41)31-2)35-26(42)20(15-18-10-6-5-7-11-18)36-27(43)21(16-24(39)40)34-23(38)17-33-22(37)13-8-9-14-32-28(29)30/h5-7,10-11,19-21H,3-4,8-9,12-17H2,1-2H3,(H,31,41)(H,33,37)(H,34,38)(H,35,42)(H,36,43)(H,39,40)(H4,29,30,32)/t19-,20+,21-/m0/s1. The smallest absolute Gasteiger partial charge is 0.305 e. The minimum absolute atomic E-state index is 0.0413. The SMILES string of the molecule is CCCC[C@H](NC(=O)[C@@H](Cc1ccccc1)NC(=O)[C@H](CC(=O)O)NC(=O)CNC(=O)CCCCN=C(N)N)C(=O)NC. The van der Waals surface area contributed by atoms with Crippen LogP contribution in [0.25, 0.3) is 0 Å². The van der Waals surface area contributed by atoms with Crippen LogP contribution in [0, 0.1) is 0 Å². The number of unbranched alkanes of at least 4 members (excludes halogenated alkanes) is 2. The number of nitrogens with one attached hydrogen (secondary N) is 5. The summed E-state index contributed by atoms with van der Waals surface area (Å²) in [7, 11) is 1.45. The summed E-state index contributed by atoms with van der Waals surface area (Å²) in [4.78, 5) is 78.7. The molecular formula is C28H44N8O7. The van der Waals surface area contributed by atoms with E-state index < -0.39 is 66.6 Å². The van der Waals surface area contributed by atoms with E-state index in [-0.39, 0.29) is 18.8 Å². The second kappa shape index (κ2) is 20.2. The summed E-state index contributed by atoms with van der Waals surface area (Å²) in [6.07, 6.45) is 2.26. The molecule has 0 heterocycles. The van der Waals surface area contributed by atoms with Gasteiger partial charge in [-0.05, 0) is 24.8 Å². The summed E-state index contributed by atoms with van der Waals surface area (Å²) in [5.74, 6) is -4.58. The third kappa shape index (κ3) is 15.8. The van der Waals surface area contributed by atoms with Crippen molar-refractivity contribution < 1.29 is 33.9 Å². The Morgan fingerprint density at radius 3 is 2.09 bits per heavy atom. The molecular weight excluding hydrogens is 560 g/mol. The molecule has 3 atom stereocenters. The number of nitrogens with two attached hydrogens (primary N) is 2. The van der Waals surface area contributed by atoms with E-state index in [1.165, 1.54) is 7.05 Å². The second-order valence-corrected chi connectivity index (χ2v) is 9.83. The zero-order valence-electron chi connectivity index (χ0n) is 24.7. The number of hydrogen-bond acceptors (Lipinski definition) is 7. The number of carboxylic acids is 1. The predicted octanol–water partition coefficient (Wildman–Crippen LogP) is -1.35. The van der Waals surface area contributed by atoms with Crippen molar-refractivity contribution in [3.05, 3.63) is 35.9 Å². The molecule has 0 radical (unpaired) electrons. The van der Waals surface area contributed by atoms with Gasteiger partial charge in [0.1, 0.15) is 18.1 Å². The molecule has 1 aromatic carbocycles. The Bertz CT molecular complexity index is 1110. The van der Waals surface area contributed by atoms with Crippen molar-refractivity contribution in [2.75, 3.05) is 20.1 Å². The molecule has 0 saturated heterocycles. The molecule has 0 unspecified atom stereocenters. The maximum atomic E-state index is 13.3. The minimum atomic E-state index is -1.54. The van der Waals surface area contributed by atoms with Crippen molar-refractivity contribution in [3.63, 3.8) is 0 Å². The van der Waals surface area contributed by atoms with Gasteiger partial charge in [-0.3, -0.25) is 33.8 Å². The van der Waals surface area contributed by atoms with Crippen LogP contribution in [0.2, 0.25) is 0 Å². The third-order valence-electron chi connectivity index (χ3n) is 6.22. The molecule has 238 valence electrons. The number of hydrogen-bond donors (Lipinski definition) is 8. The summed E-state index contributed by atoms with van der Waals surface area (Å²) in [5.41, 5.74) is 11.2. The Hall–Kier alpha value is -4.69. The predicted molar refractivity (Wildman–Crippen MR) is 159 cm³/mol. The van der Waals surface area contributed by atoms with Gasteiger partial charge < -0.3 is 43.2 Å². The topological polar surface area (TPSA) is 247 Å². The highest BCUT2D eigenvalue weighted by molar-refractivity contribution is 5.96. The van der Waals surface area contributed by atoms with Gasteiger partial charge in [0.15, 0.2) is 5.96 Å². The Labute approximate surface area is 251 Å². The number of carboxylic acid groups (broad SMARTS) is 1. The Kier molecular flexibility index (Phi) is 17.1. The number of guanidine groups is 1. The van der Waals surface area contributed by atoms with Crippen molar-refractivity contribution in [1.82, 2.24) is 26.6 Å². The van der Waals surface area contributed by atoms with E-state index in [0.29, 0.717) is 37.8 Å². The number of nitrogens with zero attached hydrogens (tertiary/aromatic N) is 1. The van der Waals surface area contributed by atoms with E-state index in [4.69, 9.17) is 11.5 Å². The van der Waals surface area contributed by atoms with Crippen molar-refractivity contribution in [1.29, 1.82) is 0 Å². The lowest BCUT2D eigenvalue weighted by Gasteiger charge is -2.25. The van der Waals surface area contributed by atoms with Crippen LogP contribution >= 0.6 is 0 Å². The number of rotatable bonds is 20. The summed E-state index contributed by atoms with van der Waals surface area (Å²) in [5, 5.41) is 21.8. The molecule has 0 aromatic heterocycles. The lowest BCUT2D eigenvalue weighted by molar-refractivity contribution is -0.141. The summed E-state index contributed by atoms with van der Waals surface area (Å²) < 4.78 is 0. The van der Waals surface area contributed by atoms with Crippen molar-refractivity contribution in [2.45, 2.75) is 76.4 Å². The molecule has 0 aliphatic heterocycles. The van der Waals surface area contributed by atoms with Crippen LogP contribution in [0.3, 0.4) is 0 Å². The van der Waals surface area contributed by atoms with E-state index >= 15 is 0 Å². The molecule has 43 heavy (non-hydrogen) atoms. The van der Waals surface area contributed by atoms with Crippen LogP contribution in [0.15, 0.2) is 35.3 Å². The molecule has 0 aliphatic carbocycles. The Morgan fingerprint density at radius 1 is 0.837 bits per heavy atom. The third-order valence-corrected chi connectivity index (χ3v) is 6.22. The Morgan fingerprint density at radius 2 is 1.49 bits per heavy atom. The zero-order chi connectivity index (χ0) is 32.2. The summed E-state index contributed by atoms with van der Waals surface area (Å²) >= 11 is 0. The molecule has 0 saturated carbocycles.